The van der Waals surface area contributed by atoms with Crippen LogP contribution in [-0.2, 0) is 11.4 Å². The number of aromatic nitrogens is 2. The number of urea groups is 1. The molecule has 0 fully saturated rings. The van der Waals surface area contributed by atoms with Gasteiger partial charge in [-0.15, -0.1) is 0 Å². The molecule has 1 aromatic heterocycles. The van der Waals surface area contributed by atoms with Gasteiger partial charge < -0.3 is 25.3 Å². The Balaban J connectivity index is 1.89. The van der Waals surface area contributed by atoms with Crippen molar-refractivity contribution >= 4 is 17.4 Å². The number of amides is 2. The van der Waals surface area contributed by atoms with Gasteiger partial charge in [-0.05, 0) is 12.1 Å². The summed E-state index contributed by atoms with van der Waals surface area (Å²) in [6.45, 7) is 0.622. The first-order chi connectivity index (χ1) is 12.0. The second-order valence-electron chi connectivity index (χ2n) is 5.38. The summed E-state index contributed by atoms with van der Waals surface area (Å²) in [5, 5.41) is 21.0. The molecule has 0 spiro atoms. The summed E-state index contributed by atoms with van der Waals surface area (Å²) >= 11 is 0. The Morgan fingerprint density at radius 2 is 2.12 bits per heavy atom. The van der Waals surface area contributed by atoms with Crippen LogP contribution in [0.15, 0.2) is 36.7 Å². The zero-order valence-corrected chi connectivity index (χ0v) is 14.5. The van der Waals surface area contributed by atoms with Gasteiger partial charge in [0.15, 0.2) is 0 Å². The van der Waals surface area contributed by atoms with E-state index in [9.17, 15) is 9.90 Å². The fourth-order valence-electron chi connectivity index (χ4n) is 2.21. The number of hydrogen-bond acceptors (Lipinski definition) is 6. The van der Waals surface area contributed by atoms with Crippen molar-refractivity contribution in [2.75, 3.05) is 38.4 Å². The summed E-state index contributed by atoms with van der Waals surface area (Å²) in [6.07, 6.45) is 2.49. The van der Waals surface area contributed by atoms with Crippen LogP contribution < -0.4 is 15.4 Å². The minimum Gasteiger partial charge on any atom is -0.495 e. The molecule has 1 aromatic carbocycles. The molecule has 136 valence electrons. The molecule has 0 aliphatic rings. The SMILES string of the molecule is COc1ccccc1NC(=O)Nc1cnn(CC(O)CN(C)OC)c1. The fourth-order valence-corrected chi connectivity index (χ4v) is 2.21. The highest BCUT2D eigenvalue weighted by Gasteiger charge is 2.11. The first kappa shape index (κ1) is 18.7. The highest BCUT2D eigenvalue weighted by atomic mass is 16.7. The van der Waals surface area contributed by atoms with Crippen molar-refractivity contribution in [3.05, 3.63) is 36.7 Å². The number of aliphatic hydroxyl groups is 1. The Bertz CT molecular complexity index is 691. The van der Waals surface area contributed by atoms with Crippen molar-refractivity contribution in [1.82, 2.24) is 14.8 Å². The third-order valence-electron chi connectivity index (χ3n) is 3.42. The normalized spacial score (nSPS) is 12.0. The Kier molecular flexibility index (Phi) is 6.75. The molecule has 0 bridgehead atoms. The predicted octanol–water partition coefficient (Wildman–Crippen LogP) is 1.39. The van der Waals surface area contributed by atoms with Crippen molar-refractivity contribution in [2.45, 2.75) is 12.6 Å². The van der Waals surface area contributed by atoms with Gasteiger partial charge in [0.2, 0.25) is 0 Å². The van der Waals surface area contributed by atoms with E-state index in [1.54, 1.807) is 36.1 Å². The molecule has 2 rings (SSSR count). The number of carbonyl (C=O) groups excluding carboxylic acids is 1. The number of aliphatic hydroxyl groups excluding tert-OH is 1. The van der Waals surface area contributed by atoms with E-state index in [2.05, 4.69) is 15.7 Å². The zero-order valence-electron chi connectivity index (χ0n) is 14.5. The summed E-state index contributed by atoms with van der Waals surface area (Å²) in [6, 6.07) is 6.70. The lowest BCUT2D eigenvalue weighted by atomic mass is 10.3. The fraction of sp³-hybridized carbons (Fsp3) is 0.375. The molecule has 0 saturated carbocycles. The van der Waals surface area contributed by atoms with Gasteiger partial charge >= 0.3 is 6.03 Å². The molecule has 1 heterocycles. The topological polar surface area (TPSA) is 101 Å². The molecule has 2 amide bonds. The largest absolute Gasteiger partial charge is 0.495 e. The number of nitrogens with one attached hydrogen (secondary N) is 2. The van der Waals surface area contributed by atoms with Gasteiger partial charge in [0.05, 0.1) is 51.0 Å². The lowest BCUT2D eigenvalue weighted by Gasteiger charge is -2.17. The highest BCUT2D eigenvalue weighted by Crippen LogP contribution is 2.23. The van der Waals surface area contributed by atoms with Gasteiger partial charge in [-0.1, -0.05) is 12.1 Å². The lowest BCUT2D eigenvalue weighted by molar-refractivity contribution is -0.129. The minimum absolute atomic E-state index is 0.281. The van der Waals surface area contributed by atoms with Crippen LogP contribution in [0.1, 0.15) is 0 Å². The third-order valence-corrected chi connectivity index (χ3v) is 3.42. The number of methoxy groups -OCH3 is 1. The van der Waals surface area contributed by atoms with Gasteiger partial charge in [-0.2, -0.15) is 10.2 Å². The average Bonchev–Trinajstić information content (AvgIpc) is 3.01. The molecule has 1 atom stereocenters. The van der Waals surface area contributed by atoms with Gasteiger partial charge in [0.25, 0.3) is 0 Å². The van der Waals surface area contributed by atoms with E-state index in [0.29, 0.717) is 23.7 Å². The minimum atomic E-state index is -0.653. The number of hydrogen-bond donors (Lipinski definition) is 3. The maximum absolute atomic E-state index is 12.1. The van der Waals surface area contributed by atoms with Crippen LogP contribution in [0.25, 0.3) is 0 Å². The van der Waals surface area contributed by atoms with Gasteiger partial charge in [0, 0.05) is 13.2 Å². The number of benzene rings is 1. The Morgan fingerprint density at radius 1 is 1.36 bits per heavy atom. The second kappa shape index (κ2) is 9.02. The highest BCUT2D eigenvalue weighted by molar-refractivity contribution is 6.00. The van der Waals surface area contributed by atoms with Crippen molar-refractivity contribution in [3.63, 3.8) is 0 Å². The first-order valence-corrected chi connectivity index (χ1v) is 7.68. The first-order valence-electron chi connectivity index (χ1n) is 7.68. The van der Waals surface area contributed by atoms with Crippen molar-refractivity contribution in [1.29, 1.82) is 0 Å². The summed E-state index contributed by atoms with van der Waals surface area (Å²) in [5.41, 5.74) is 1.08. The molecule has 9 nitrogen and oxygen atoms in total. The van der Waals surface area contributed by atoms with Crippen LogP contribution >= 0.6 is 0 Å². The van der Waals surface area contributed by atoms with Crippen molar-refractivity contribution in [3.8, 4) is 5.75 Å². The number of para-hydroxylation sites is 2. The molecule has 0 aliphatic carbocycles. The van der Waals surface area contributed by atoms with E-state index in [4.69, 9.17) is 9.57 Å². The van der Waals surface area contributed by atoms with Crippen LogP contribution in [0.2, 0.25) is 0 Å². The molecule has 0 saturated heterocycles. The second-order valence-corrected chi connectivity index (χ2v) is 5.38. The Morgan fingerprint density at radius 3 is 2.84 bits per heavy atom. The van der Waals surface area contributed by atoms with Crippen LogP contribution in [-0.4, -0.2) is 59.9 Å². The number of likely N-dealkylation sites (N-methyl/N-ethyl adjacent to an activating group) is 1. The third kappa shape index (κ3) is 5.75. The average molecular weight is 349 g/mol. The molecule has 0 aliphatic heterocycles. The van der Waals surface area contributed by atoms with Crippen LogP contribution in [0.3, 0.4) is 0 Å². The van der Waals surface area contributed by atoms with Crippen LogP contribution in [0, 0.1) is 0 Å². The molecule has 9 heteroatoms. The number of carbonyl (C=O) groups is 1. The monoisotopic (exact) mass is 349 g/mol. The number of nitrogens with zero attached hydrogens (tertiary/aromatic N) is 3. The lowest BCUT2D eigenvalue weighted by Crippen LogP contribution is -2.31. The van der Waals surface area contributed by atoms with E-state index in [1.165, 1.54) is 25.5 Å². The number of hydroxylamine groups is 2. The Hall–Kier alpha value is -2.62. The predicted molar refractivity (Wildman–Crippen MR) is 93.5 cm³/mol. The van der Waals surface area contributed by atoms with Gasteiger partial charge in [-0.3, -0.25) is 4.68 Å². The van der Waals surface area contributed by atoms with E-state index in [1.807, 2.05) is 6.07 Å². The van der Waals surface area contributed by atoms with E-state index in [-0.39, 0.29) is 6.54 Å². The van der Waals surface area contributed by atoms with Gasteiger partial charge in [-0.25, -0.2) is 4.79 Å². The zero-order chi connectivity index (χ0) is 18.2. The summed E-state index contributed by atoms with van der Waals surface area (Å²) in [7, 11) is 4.79. The van der Waals surface area contributed by atoms with Crippen molar-refractivity contribution in [2.24, 2.45) is 0 Å². The Labute approximate surface area is 146 Å². The van der Waals surface area contributed by atoms with Crippen LogP contribution in [0.4, 0.5) is 16.2 Å². The molecule has 3 N–H and O–H groups in total. The maximum Gasteiger partial charge on any atom is 0.323 e. The molecule has 1 unspecified atom stereocenters. The number of ether oxygens (including phenoxy) is 1. The molecule has 2 aromatic rings. The van der Waals surface area contributed by atoms with E-state index in [0.717, 1.165) is 0 Å². The summed E-state index contributed by atoms with van der Waals surface area (Å²) in [5.74, 6) is 0.568. The number of rotatable bonds is 8. The van der Waals surface area contributed by atoms with E-state index >= 15 is 0 Å². The smallest absolute Gasteiger partial charge is 0.323 e. The molecular formula is C16H23N5O4. The van der Waals surface area contributed by atoms with E-state index < -0.39 is 12.1 Å². The van der Waals surface area contributed by atoms with Gasteiger partial charge in [0.1, 0.15) is 5.75 Å². The standard InChI is InChI=1S/C16H23N5O4/c1-20(25-3)10-13(22)11-21-9-12(8-17-21)18-16(23)19-14-6-4-5-7-15(14)24-2/h4-9,13,22H,10-11H2,1-3H3,(H2,18,19,23). The number of anilines is 2. The quantitative estimate of drug-likeness (QED) is 0.623. The summed E-state index contributed by atoms with van der Waals surface area (Å²) in [4.78, 5) is 17.0. The molecule has 0 radical (unpaired) electrons. The molecule has 25 heavy (non-hydrogen) atoms. The maximum atomic E-state index is 12.1. The van der Waals surface area contributed by atoms with Crippen molar-refractivity contribution < 1.29 is 19.5 Å². The molecular weight excluding hydrogens is 326 g/mol. The summed E-state index contributed by atoms with van der Waals surface area (Å²) < 4.78 is 6.73. The van der Waals surface area contributed by atoms with Crippen LogP contribution in [0.5, 0.6) is 5.75 Å².